The van der Waals surface area contributed by atoms with Gasteiger partial charge in [-0.05, 0) is 22.8 Å². The summed E-state index contributed by atoms with van der Waals surface area (Å²) < 4.78 is 1.74. The molecule has 0 unspecified atom stereocenters. The summed E-state index contributed by atoms with van der Waals surface area (Å²) in [6.45, 7) is 0.452. The van der Waals surface area contributed by atoms with Gasteiger partial charge in [-0.25, -0.2) is 9.78 Å². The van der Waals surface area contributed by atoms with Crippen LogP contribution in [-0.2, 0) is 6.54 Å². The SMILES string of the molecule is Nc1nc2c(ncn2Cc2ccc(-c3ccccc3C(=O)O)cc2)c(=O)[nH]1. The summed E-state index contributed by atoms with van der Waals surface area (Å²) in [6.07, 6.45) is 1.54. The maximum atomic E-state index is 11.9. The van der Waals surface area contributed by atoms with Gasteiger partial charge >= 0.3 is 5.97 Å². The number of nitrogens with one attached hydrogen (secondary N) is 1. The summed E-state index contributed by atoms with van der Waals surface area (Å²) in [6, 6.07) is 14.4. The minimum Gasteiger partial charge on any atom is -0.478 e. The van der Waals surface area contributed by atoms with Crippen LogP contribution in [0.2, 0.25) is 0 Å². The fourth-order valence-electron chi connectivity index (χ4n) is 2.99. The van der Waals surface area contributed by atoms with E-state index in [0.29, 0.717) is 17.8 Å². The number of H-pyrrole nitrogens is 1. The highest BCUT2D eigenvalue weighted by molar-refractivity contribution is 5.96. The zero-order chi connectivity index (χ0) is 19.0. The second kappa shape index (κ2) is 6.41. The van der Waals surface area contributed by atoms with Crippen LogP contribution < -0.4 is 11.3 Å². The lowest BCUT2D eigenvalue weighted by molar-refractivity contribution is 0.0697. The molecule has 4 aromatic rings. The number of aromatic amines is 1. The zero-order valence-corrected chi connectivity index (χ0v) is 14.1. The van der Waals surface area contributed by atoms with Gasteiger partial charge in [0.25, 0.3) is 5.56 Å². The van der Waals surface area contributed by atoms with Crippen molar-refractivity contribution in [2.75, 3.05) is 5.73 Å². The van der Waals surface area contributed by atoms with Gasteiger partial charge in [0.1, 0.15) is 0 Å². The molecule has 0 radical (unpaired) electrons. The van der Waals surface area contributed by atoms with Crippen molar-refractivity contribution in [3.05, 3.63) is 76.3 Å². The predicted octanol–water partition coefficient (Wildman–Crippen LogP) is 2.12. The molecule has 2 aromatic heterocycles. The van der Waals surface area contributed by atoms with E-state index in [1.54, 1.807) is 35.2 Å². The number of hydrogen-bond acceptors (Lipinski definition) is 5. The molecule has 0 amide bonds. The number of aromatic nitrogens is 4. The third kappa shape index (κ3) is 3.04. The molecule has 8 nitrogen and oxygen atoms in total. The van der Waals surface area contributed by atoms with E-state index >= 15 is 0 Å². The number of rotatable bonds is 4. The molecule has 4 N–H and O–H groups in total. The summed E-state index contributed by atoms with van der Waals surface area (Å²) in [5.74, 6) is -0.927. The van der Waals surface area contributed by atoms with Crippen LogP contribution in [0.25, 0.3) is 22.3 Å². The number of carboxylic acids is 1. The van der Waals surface area contributed by atoms with E-state index in [9.17, 15) is 14.7 Å². The highest BCUT2D eigenvalue weighted by Crippen LogP contribution is 2.24. The summed E-state index contributed by atoms with van der Waals surface area (Å²) in [4.78, 5) is 33.9. The number of hydrogen-bond donors (Lipinski definition) is 3. The quantitative estimate of drug-likeness (QED) is 0.511. The Morgan fingerprint density at radius 2 is 1.89 bits per heavy atom. The van der Waals surface area contributed by atoms with E-state index in [-0.39, 0.29) is 22.6 Å². The maximum Gasteiger partial charge on any atom is 0.336 e. The van der Waals surface area contributed by atoms with Gasteiger partial charge in [0, 0.05) is 0 Å². The Morgan fingerprint density at radius 1 is 1.15 bits per heavy atom. The molecule has 0 spiro atoms. The molecule has 0 atom stereocenters. The normalized spacial score (nSPS) is 11.0. The molecule has 2 aromatic carbocycles. The monoisotopic (exact) mass is 361 g/mol. The van der Waals surface area contributed by atoms with Crippen LogP contribution in [-0.4, -0.2) is 30.6 Å². The van der Waals surface area contributed by atoms with E-state index < -0.39 is 5.97 Å². The van der Waals surface area contributed by atoms with Crippen molar-refractivity contribution in [3.63, 3.8) is 0 Å². The number of benzene rings is 2. The minimum absolute atomic E-state index is 0.0369. The van der Waals surface area contributed by atoms with Crippen LogP contribution >= 0.6 is 0 Å². The molecular weight excluding hydrogens is 346 g/mol. The molecule has 2 heterocycles. The molecule has 0 saturated carbocycles. The van der Waals surface area contributed by atoms with Gasteiger partial charge in [0.15, 0.2) is 11.2 Å². The summed E-state index contributed by atoms with van der Waals surface area (Å²) in [5.41, 5.74) is 8.56. The van der Waals surface area contributed by atoms with Gasteiger partial charge in [-0.1, -0.05) is 42.5 Å². The Hall–Kier alpha value is -3.94. The number of carboxylic acid groups (broad SMARTS) is 1. The standard InChI is InChI=1S/C19H15N5O3/c20-19-22-16-15(17(25)23-19)21-10-24(16)9-11-5-7-12(8-6-11)13-3-1-2-4-14(13)18(26)27/h1-8,10H,9H2,(H,26,27)(H3,20,22,23,25). The second-order valence-corrected chi connectivity index (χ2v) is 6.04. The smallest absolute Gasteiger partial charge is 0.336 e. The number of carbonyl (C=O) groups is 1. The van der Waals surface area contributed by atoms with E-state index in [0.717, 1.165) is 11.1 Å². The number of imidazole rings is 1. The number of nitrogens with zero attached hydrogens (tertiary/aromatic N) is 3. The molecule has 0 fully saturated rings. The van der Waals surface area contributed by atoms with Gasteiger partial charge in [0.05, 0.1) is 18.4 Å². The average molecular weight is 361 g/mol. The van der Waals surface area contributed by atoms with Crippen molar-refractivity contribution >= 4 is 23.1 Å². The average Bonchev–Trinajstić information content (AvgIpc) is 3.05. The van der Waals surface area contributed by atoms with Crippen LogP contribution in [0.3, 0.4) is 0 Å². The van der Waals surface area contributed by atoms with Crippen LogP contribution in [0.15, 0.2) is 59.7 Å². The van der Waals surface area contributed by atoms with E-state index in [4.69, 9.17) is 5.73 Å². The van der Waals surface area contributed by atoms with Gasteiger partial charge in [0.2, 0.25) is 5.95 Å². The van der Waals surface area contributed by atoms with Crippen LogP contribution in [0.1, 0.15) is 15.9 Å². The predicted molar refractivity (Wildman–Crippen MR) is 101 cm³/mol. The van der Waals surface area contributed by atoms with Gasteiger partial charge < -0.3 is 15.4 Å². The Labute approximate surface area is 152 Å². The first kappa shape index (κ1) is 16.5. The second-order valence-electron chi connectivity index (χ2n) is 6.04. The number of nitrogen functional groups attached to an aromatic ring is 1. The molecule has 0 bridgehead atoms. The van der Waals surface area contributed by atoms with Gasteiger partial charge in [-0.3, -0.25) is 9.78 Å². The van der Waals surface area contributed by atoms with Crippen molar-refractivity contribution in [1.29, 1.82) is 0 Å². The molecule has 0 aliphatic heterocycles. The molecule has 0 aliphatic rings. The van der Waals surface area contributed by atoms with Crippen LogP contribution in [0.5, 0.6) is 0 Å². The van der Waals surface area contributed by atoms with E-state index in [1.165, 1.54) is 0 Å². The first-order chi connectivity index (χ1) is 13.0. The number of aromatic carboxylic acids is 1. The molecule has 27 heavy (non-hydrogen) atoms. The topological polar surface area (TPSA) is 127 Å². The minimum atomic E-state index is -0.964. The van der Waals surface area contributed by atoms with Crippen LogP contribution in [0.4, 0.5) is 5.95 Å². The van der Waals surface area contributed by atoms with Crippen LogP contribution in [0, 0.1) is 0 Å². The lowest BCUT2D eigenvalue weighted by Gasteiger charge is -2.08. The molecule has 8 heteroatoms. The fourth-order valence-corrected chi connectivity index (χ4v) is 2.99. The Kier molecular flexibility index (Phi) is 3.92. The maximum absolute atomic E-state index is 11.9. The number of anilines is 1. The van der Waals surface area contributed by atoms with Gasteiger partial charge in [-0.15, -0.1) is 0 Å². The first-order valence-electron chi connectivity index (χ1n) is 8.15. The Morgan fingerprint density at radius 3 is 2.63 bits per heavy atom. The summed E-state index contributed by atoms with van der Waals surface area (Å²) in [7, 11) is 0. The van der Waals surface area contributed by atoms with E-state index in [1.807, 2.05) is 24.3 Å². The molecule has 134 valence electrons. The third-order valence-electron chi connectivity index (χ3n) is 4.27. The van der Waals surface area contributed by atoms with Crippen molar-refractivity contribution in [2.24, 2.45) is 0 Å². The molecular formula is C19H15N5O3. The third-order valence-corrected chi connectivity index (χ3v) is 4.27. The van der Waals surface area contributed by atoms with E-state index in [2.05, 4.69) is 15.0 Å². The highest BCUT2D eigenvalue weighted by Gasteiger charge is 2.12. The lowest BCUT2D eigenvalue weighted by Crippen LogP contribution is -2.12. The Balaban J connectivity index is 1.67. The highest BCUT2D eigenvalue weighted by atomic mass is 16.4. The molecule has 0 saturated heterocycles. The van der Waals surface area contributed by atoms with Crippen molar-refractivity contribution in [3.8, 4) is 11.1 Å². The summed E-state index contributed by atoms with van der Waals surface area (Å²) in [5, 5.41) is 9.34. The first-order valence-corrected chi connectivity index (χ1v) is 8.15. The fraction of sp³-hybridized carbons (Fsp3) is 0.0526. The van der Waals surface area contributed by atoms with Crippen molar-refractivity contribution in [1.82, 2.24) is 19.5 Å². The largest absolute Gasteiger partial charge is 0.478 e. The van der Waals surface area contributed by atoms with Crippen molar-refractivity contribution in [2.45, 2.75) is 6.54 Å². The zero-order valence-electron chi connectivity index (χ0n) is 14.1. The number of nitrogens with two attached hydrogens (primary N) is 1. The summed E-state index contributed by atoms with van der Waals surface area (Å²) >= 11 is 0. The number of fused-ring (bicyclic) bond motifs is 1. The Bertz CT molecular complexity index is 1210. The van der Waals surface area contributed by atoms with Crippen molar-refractivity contribution < 1.29 is 9.90 Å². The molecule has 0 aliphatic carbocycles. The molecule has 4 rings (SSSR count). The van der Waals surface area contributed by atoms with Gasteiger partial charge in [-0.2, -0.15) is 4.98 Å². The lowest BCUT2D eigenvalue weighted by atomic mass is 9.99.